The van der Waals surface area contributed by atoms with Gasteiger partial charge in [-0.3, -0.25) is 9.67 Å². The highest BCUT2D eigenvalue weighted by atomic mass is 32.1. The van der Waals surface area contributed by atoms with E-state index >= 15 is 0 Å². The van der Waals surface area contributed by atoms with Gasteiger partial charge in [0.2, 0.25) is 0 Å². The van der Waals surface area contributed by atoms with Crippen LogP contribution in [0.3, 0.4) is 0 Å². The highest BCUT2D eigenvalue weighted by Gasteiger charge is 2.19. The van der Waals surface area contributed by atoms with Gasteiger partial charge in [0.15, 0.2) is 10.6 Å². The zero-order valence-electron chi connectivity index (χ0n) is 15.7. The molecule has 5 nitrogen and oxygen atoms in total. The van der Waals surface area contributed by atoms with Crippen molar-refractivity contribution < 1.29 is 10.2 Å². The maximum absolute atomic E-state index is 10.5. The van der Waals surface area contributed by atoms with Crippen LogP contribution >= 0.6 is 12.2 Å². The molecule has 0 saturated heterocycles. The maximum atomic E-state index is 10.5. The van der Waals surface area contributed by atoms with Crippen LogP contribution in [0, 0.1) is 4.77 Å². The van der Waals surface area contributed by atoms with E-state index in [4.69, 9.17) is 12.2 Å². The number of H-pyrrole nitrogens is 1. The Bertz CT molecular complexity index is 980. The number of aromatic nitrogens is 3. The van der Waals surface area contributed by atoms with Gasteiger partial charge in [-0.2, -0.15) is 5.10 Å². The molecular formula is C21H25N3O2S. The normalized spacial score (nSPS) is 18.5. The first-order valence-corrected chi connectivity index (χ1v) is 9.59. The molecule has 2 aromatic rings. The van der Waals surface area contributed by atoms with Gasteiger partial charge in [0, 0.05) is 11.8 Å². The van der Waals surface area contributed by atoms with E-state index in [1.54, 1.807) is 6.07 Å². The Morgan fingerprint density at radius 2 is 1.96 bits per heavy atom. The maximum Gasteiger partial charge on any atom is 0.200 e. The lowest BCUT2D eigenvalue weighted by molar-refractivity contribution is 0.445. The predicted molar refractivity (Wildman–Crippen MR) is 111 cm³/mol. The largest absolute Gasteiger partial charge is 0.508 e. The van der Waals surface area contributed by atoms with Crippen LogP contribution in [-0.4, -0.2) is 25.0 Å². The summed E-state index contributed by atoms with van der Waals surface area (Å²) in [5.74, 6) is 0.654. The minimum Gasteiger partial charge on any atom is -0.508 e. The van der Waals surface area contributed by atoms with E-state index in [2.05, 4.69) is 22.9 Å². The van der Waals surface area contributed by atoms with Gasteiger partial charge in [0.1, 0.15) is 11.5 Å². The molecule has 1 aromatic heterocycles. The third kappa shape index (κ3) is 4.06. The van der Waals surface area contributed by atoms with E-state index in [9.17, 15) is 10.2 Å². The molecule has 0 saturated carbocycles. The molecule has 27 heavy (non-hydrogen) atoms. The molecule has 0 aliphatic heterocycles. The molecule has 142 valence electrons. The Kier molecular flexibility index (Phi) is 5.65. The van der Waals surface area contributed by atoms with Crippen LogP contribution in [0.5, 0.6) is 11.5 Å². The number of phenols is 2. The van der Waals surface area contributed by atoms with Gasteiger partial charge in [-0.05, 0) is 61.5 Å². The molecule has 1 aliphatic rings. The fraction of sp³-hybridized carbons (Fsp3) is 0.333. The Hall–Kier alpha value is -2.60. The summed E-state index contributed by atoms with van der Waals surface area (Å²) in [7, 11) is 0. The molecule has 6 heteroatoms. The number of aromatic hydroxyl groups is 2. The highest BCUT2D eigenvalue weighted by molar-refractivity contribution is 7.71. The van der Waals surface area contributed by atoms with E-state index < -0.39 is 0 Å². The monoisotopic (exact) mass is 383 g/mol. The van der Waals surface area contributed by atoms with E-state index in [1.165, 1.54) is 6.07 Å². The lowest BCUT2D eigenvalue weighted by Crippen LogP contribution is -2.00. The average molecular weight is 384 g/mol. The first-order valence-electron chi connectivity index (χ1n) is 9.18. The second kappa shape index (κ2) is 7.96. The summed E-state index contributed by atoms with van der Waals surface area (Å²) in [5, 5.41) is 27.8. The van der Waals surface area contributed by atoms with E-state index in [0.717, 1.165) is 42.5 Å². The Morgan fingerprint density at radius 1 is 1.19 bits per heavy atom. The van der Waals surface area contributed by atoms with Gasteiger partial charge >= 0.3 is 0 Å². The number of rotatable bonds is 3. The van der Waals surface area contributed by atoms with Crippen molar-refractivity contribution in [2.45, 2.75) is 45.4 Å². The molecule has 0 radical (unpaired) electrons. The van der Waals surface area contributed by atoms with E-state index in [0.29, 0.717) is 16.2 Å². The molecule has 0 bridgehead atoms. The SMILES string of the molecule is C=C1/C=C\C(n2c(-c3cc(C(C)C)c(O)cc3O)n[nH]c2=S)=C/CCCC1. The van der Waals surface area contributed by atoms with Crippen LogP contribution in [0.25, 0.3) is 17.1 Å². The Morgan fingerprint density at radius 3 is 2.70 bits per heavy atom. The van der Waals surface area contributed by atoms with Gasteiger partial charge in [-0.25, -0.2) is 0 Å². The number of phenolic OH excluding ortho intramolecular Hbond substituents is 2. The first kappa shape index (κ1) is 19.2. The molecule has 0 atom stereocenters. The molecule has 0 amide bonds. The minimum absolute atomic E-state index is 0.0378. The number of benzene rings is 1. The van der Waals surface area contributed by atoms with Crippen LogP contribution in [0.4, 0.5) is 0 Å². The standard InChI is InChI=1S/C21H25N3O2S/c1-13(2)16-11-17(19(26)12-18(16)25)20-22-23-21(27)24(20)15-8-6-4-5-7-14(3)9-10-15/h8-13,25-26H,3-7H2,1-2H3,(H,23,27)/b10-9-,15-8+. The Balaban J connectivity index is 2.17. The van der Waals surface area contributed by atoms with Crippen molar-refractivity contribution in [1.29, 1.82) is 0 Å². The fourth-order valence-electron chi connectivity index (χ4n) is 3.22. The van der Waals surface area contributed by atoms with E-state index in [1.807, 2.05) is 30.6 Å². The zero-order valence-corrected chi connectivity index (χ0v) is 16.5. The minimum atomic E-state index is -0.0378. The molecular weight excluding hydrogens is 358 g/mol. The number of hydrogen-bond donors (Lipinski definition) is 3. The van der Waals surface area contributed by atoms with Gasteiger partial charge in [0.05, 0.1) is 5.56 Å². The van der Waals surface area contributed by atoms with Gasteiger partial charge in [0.25, 0.3) is 0 Å². The van der Waals surface area contributed by atoms with Crippen molar-refractivity contribution in [1.82, 2.24) is 14.8 Å². The van der Waals surface area contributed by atoms with Crippen LogP contribution in [-0.2, 0) is 0 Å². The lowest BCUT2D eigenvalue weighted by atomic mass is 9.98. The molecule has 0 unspecified atom stereocenters. The van der Waals surface area contributed by atoms with Crippen molar-refractivity contribution in [2.24, 2.45) is 0 Å². The van der Waals surface area contributed by atoms with Crippen LogP contribution in [0.15, 0.2) is 42.5 Å². The summed E-state index contributed by atoms with van der Waals surface area (Å²) in [6.07, 6.45) is 10.2. The highest BCUT2D eigenvalue weighted by Crippen LogP contribution is 2.38. The molecule has 1 aliphatic carbocycles. The fourth-order valence-corrected chi connectivity index (χ4v) is 3.46. The van der Waals surface area contributed by atoms with Crippen molar-refractivity contribution in [3.63, 3.8) is 0 Å². The average Bonchev–Trinajstić information content (AvgIpc) is 3.01. The first-order chi connectivity index (χ1) is 12.9. The second-order valence-corrected chi connectivity index (χ2v) is 7.52. The van der Waals surface area contributed by atoms with Crippen molar-refractivity contribution in [3.8, 4) is 22.9 Å². The number of allylic oxidation sites excluding steroid dienone is 5. The van der Waals surface area contributed by atoms with Crippen LogP contribution < -0.4 is 0 Å². The van der Waals surface area contributed by atoms with Gasteiger partial charge in [-0.1, -0.05) is 38.2 Å². The second-order valence-electron chi connectivity index (χ2n) is 7.14. The summed E-state index contributed by atoms with van der Waals surface area (Å²) in [6.45, 7) is 8.07. The van der Waals surface area contributed by atoms with Gasteiger partial charge in [-0.15, -0.1) is 0 Å². The molecule has 3 N–H and O–H groups in total. The third-order valence-electron chi connectivity index (χ3n) is 4.73. The Labute approximate surface area is 164 Å². The molecule has 3 rings (SSSR count). The summed E-state index contributed by atoms with van der Waals surface area (Å²) < 4.78 is 2.27. The van der Waals surface area contributed by atoms with Crippen molar-refractivity contribution in [3.05, 3.63) is 52.8 Å². The van der Waals surface area contributed by atoms with Crippen molar-refractivity contribution >= 4 is 17.9 Å². The predicted octanol–water partition coefficient (Wildman–Crippen LogP) is 5.67. The van der Waals surface area contributed by atoms with E-state index in [-0.39, 0.29) is 17.4 Å². The van der Waals surface area contributed by atoms with Gasteiger partial charge < -0.3 is 10.2 Å². The van der Waals surface area contributed by atoms with Crippen LogP contribution in [0.1, 0.15) is 51.0 Å². The quantitative estimate of drug-likeness (QED) is 0.597. The lowest BCUT2D eigenvalue weighted by Gasteiger charge is -2.14. The molecule has 1 heterocycles. The number of hydrogen-bond acceptors (Lipinski definition) is 4. The van der Waals surface area contributed by atoms with Crippen LogP contribution in [0.2, 0.25) is 0 Å². The van der Waals surface area contributed by atoms with Crippen molar-refractivity contribution in [2.75, 3.05) is 0 Å². The molecule has 0 spiro atoms. The third-order valence-corrected chi connectivity index (χ3v) is 5.01. The summed E-state index contributed by atoms with van der Waals surface area (Å²) >= 11 is 5.47. The summed E-state index contributed by atoms with van der Waals surface area (Å²) in [5.41, 5.74) is 3.24. The molecule has 1 aromatic carbocycles. The molecule has 0 fully saturated rings. The zero-order chi connectivity index (χ0) is 19.6. The number of nitrogens with zero attached hydrogens (tertiary/aromatic N) is 2. The summed E-state index contributed by atoms with van der Waals surface area (Å²) in [6, 6.07) is 3.14. The smallest absolute Gasteiger partial charge is 0.200 e. The number of aromatic amines is 1. The topological polar surface area (TPSA) is 74.1 Å². The summed E-state index contributed by atoms with van der Waals surface area (Å²) in [4.78, 5) is 0. The number of nitrogens with one attached hydrogen (secondary N) is 1.